The number of nitrogens with zero attached hydrogens (tertiary/aromatic N) is 3. The number of piperidine rings is 1. The minimum atomic E-state index is -0.775. The zero-order valence-corrected chi connectivity index (χ0v) is 16.0. The van der Waals surface area contributed by atoms with Crippen molar-refractivity contribution in [1.29, 1.82) is 0 Å². The van der Waals surface area contributed by atoms with Crippen molar-refractivity contribution in [2.24, 2.45) is 5.92 Å². The molecule has 1 aliphatic heterocycles. The van der Waals surface area contributed by atoms with Gasteiger partial charge in [0.05, 0.1) is 5.39 Å². The molecule has 1 amide bonds. The normalized spacial score (nSPS) is 17.1. The number of carbonyl (C=O) groups is 2. The van der Waals surface area contributed by atoms with Gasteiger partial charge in [-0.2, -0.15) is 0 Å². The predicted octanol–water partition coefficient (Wildman–Crippen LogP) is 2.14. The number of amides is 1. The first kappa shape index (κ1) is 19.1. The predicted molar refractivity (Wildman–Crippen MR) is 102 cm³/mol. The van der Waals surface area contributed by atoms with Crippen LogP contribution in [0.2, 0.25) is 0 Å². The van der Waals surface area contributed by atoms with E-state index in [0.29, 0.717) is 36.6 Å². The van der Waals surface area contributed by atoms with Gasteiger partial charge in [-0.3, -0.25) is 9.59 Å². The lowest BCUT2D eigenvalue weighted by Crippen LogP contribution is -2.41. The molecule has 0 spiro atoms. The van der Waals surface area contributed by atoms with E-state index in [1.165, 1.54) is 6.20 Å². The minimum absolute atomic E-state index is 0.0742. The van der Waals surface area contributed by atoms with E-state index in [-0.39, 0.29) is 18.1 Å². The number of pyridine rings is 2. The van der Waals surface area contributed by atoms with Crippen LogP contribution in [0.25, 0.3) is 11.0 Å². The van der Waals surface area contributed by atoms with Crippen molar-refractivity contribution in [2.45, 2.75) is 40.2 Å². The highest BCUT2D eigenvalue weighted by Crippen LogP contribution is 2.16. The van der Waals surface area contributed by atoms with E-state index in [1.54, 1.807) is 21.6 Å². The number of fused-ring (bicyclic) bond motifs is 1. The topological polar surface area (TPSA) is 81.5 Å². The Morgan fingerprint density at radius 1 is 1.33 bits per heavy atom. The molecule has 0 aromatic carbocycles. The van der Waals surface area contributed by atoms with Gasteiger partial charge in [-0.1, -0.05) is 6.92 Å². The first-order valence-corrected chi connectivity index (χ1v) is 9.36. The van der Waals surface area contributed by atoms with Gasteiger partial charge in [0.2, 0.25) is 5.43 Å². The van der Waals surface area contributed by atoms with E-state index in [4.69, 9.17) is 4.74 Å². The minimum Gasteiger partial charge on any atom is -0.452 e. The summed E-state index contributed by atoms with van der Waals surface area (Å²) in [6.07, 6.45) is 3.52. The maximum absolute atomic E-state index is 12.7. The number of hydrogen-bond donors (Lipinski definition) is 0. The number of carbonyl (C=O) groups excluding carboxylic acids is 2. The number of hydrogen-bond acceptors (Lipinski definition) is 5. The van der Waals surface area contributed by atoms with Crippen molar-refractivity contribution >= 4 is 22.9 Å². The van der Waals surface area contributed by atoms with Crippen LogP contribution in [0, 0.1) is 12.8 Å². The molecule has 144 valence electrons. The van der Waals surface area contributed by atoms with Crippen molar-refractivity contribution in [3.8, 4) is 0 Å². The molecule has 1 atom stereocenters. The molecule has 0 saturated carbocycles. The molecule has 0 aliphatic carbocycles. The third kappa shape index (κ3) is 4.02. The van der Waals surface area contributed by atoms with Gasteiger partial charge in [0.25, 0.3) is 5.91 Å². The van der Waals surface area contributed by atoms with Crippen molar-refractivity contribution in [2.75, 3.05) is 19.7 Å². The summed E-state index contributed by atoms with van der Waals surface area (Å²) in [5.41, 5.74) is 0.833. The molecule has 2 aromatic heterocycles. The van der Waals surface area contributed by atoms with E-state index in [0.717, 1.165) is 18.5 Å². The Hall–Kier alpha value is -2.70. The Morgan fingerprint density at radius 3 is 2.81 bits per heavy atom. The standard InChI is InChI=1S/C20H25N3O4/c1-4-22-11-16(18(25)15-8-7-14(3)21-19(15)22)20(26)27-12-17(24)23-9-5-6-13(2)10-23/h7-8,11,13H,4-6,9-10,12H2,1-3H3/t13-/m0/s1. The van der Waals surface area contributed by atoms with E-state index < -0.39 is 11.4 Å². The lowest BCUT2D eigenvalue weighted by atomic mass is 10.0. The molecule has 2 aromatic rings. The van der Waals surface area contributed by atoms with E-state index in [2.05, 4.69) is 11.9 Å². The maximum Gasteiger partial charge on any atom is 0.344 e. The molecule has 1 fully saturated rings. The van der Waals surface area contributed by atoms with Crippen LogP contribution in [-0.4, -0.2) is 46.0 Å². The Bertz CT molecular complexity index is 935. The fourth-order valence-electron chi connectivity index (χ4n) is 3.46. The Labute approximate surface area is 157 Å². The molecular formula is C20H25N3O4. The third-order valence-electron chi connectivity index (χ3n) is 4.96. The summed E-state index contributed by atoms with van der Waals surface area (Å²) in [7, 11) is 0. The summed E-state index contributed by atoms with van der Waals surface area (Å²) in [4.78, 5) is 43.6. The third-order valence-corrected chi connectivity index (χ3v) is 4.96. The van der Waals surface area contributed by atoms with Gasteiger partial charge in [0.1, 0.15) is 11.2 Å². The quantitative estimate of drug-likeness (QED) is 0.769. The van der Waals surface area contributed by atoms with Crippen LogP contribution in [-0.2, 0) is 16.1 Å². The Kier molecular flexibility index (Phi) is 5.58. The number of likely N-dealkylation sites (tertiary alicyclic amines) is 1. The highest BCUT2D eigenvalue weighted by Gasteiger charge is 2.23. The molecule has 7 nitrogen and oxygen atoms in total. The smallest absolute Gasteiger partial charge is 0.344 e. The molecule has 0 radical (unpaired) electrons. The number of aromatic nitrogens is 2. The summed E-state index contributed by atoms with van der Waals surface area (Å²) in [6, 6.07) is 3.41. The Balaban J connectivity index is 1.79. The molecule has 27 heavy (non-hydrogen) atoms. The molecule has 1 saturated heterocycles. The van der Waals surface area contributed by atoms with Crippen molar-refractivity contribution in [3.05, 3.63) is 39.8 Å². The number of aryl methyl sites for hydroxylation is 2. The number of esters is 1. The molecule has 3 heterocycles. The van der Waals surface area contributed by atoms with E-state index in [9.17, 15) is 14.4 Å². The van der Waals surface area contributed by atoms with Gasteiger partial charge in [-0.25, -0.2) is 9.78 Å². The van der Waals surface area contributed by atoms with Crippen LogP contribution in [0.15, 0.2) is 23.1 Å². The second-order valence-electron chi connectivity index (χ2n) is 7.15. The van der Waals surface area contributed by atoms with E-state index >= 15 is 0 Å². The second kappa shape index (κ2) is 7.90. The molecule has 0 unspecified atom stereocenters. The molecule has 0 N–H and O–H groups in total. The average molecular weight is 371 g/mol. The number of ether oxygens (including phenoxy) is 1. The molecular weight excluding hydrogens is 346 g/mol. The van der Waals surface area contributed by atoms with Crippen LogP contribution in [0.3, 0.4) is 0 Å². The van der Waals surface area contributed by atoms with Crippen LogP contribution in [0.1, 0.15) is 42.7 Å². The average Bonchev–Trinajstić information content (AvgIpc) is 2.66. The van der Waals surface area contributed by atoms with Gasteiger partial charge in [-0.15, -0.1) is 0 Å². The second-order valence-corrected chi connectivity index (χ2v) is 7.15. The van der Waals surface area contributed by atoms with Crippen molar-refractivity contribution in [3.63, 3.8) is 0 Å². The summed E-state index contributed by atoms with van der Waals surface area (Å²) in [6.45, 7) is 7.43. The van der Waals surface area contributed by atoms with Crippen LogP contribution in [0.5, 0.6) is 0 Å². The van der Waals surface area contributed by atoms with Gasteiger partial charge in [0.15, 0.2) is 6.61 Å². The van der Waals surface area contributed by atoms with Crippen molar-refractivity contribution < 1.29 is 14.3 Å². The van der Waals surface area contributed by atoms with Crippen molar-refractivity contribution in [1.82, 2.24) is 14.5 Å². The molecule has 7 heteroatoms. The molecule has 3 rings (SSSR count). The van der Waals surface area contributed by atoms with Crippen LogP contribution < -0.4 is 5.43 Å². The van der Waals surface area contributed by atoms with Crippen LogP contribution in [0.4, 0.5) is 0 Å². The first-order chi connectivity index (χ1) is 12.9. The SMILES string of the molecule is CCn1cc(C(=O)OCC(=O)N2CCC[C@H](C)C2)c(=O)c2ccc(C)nc21. The first-order valence-electron chi connectivity index (χ1n) is 9.36. The molecule has 0 bridgehead atoms. The molecule has 1 aliphatic rings. The van der Waals surface area contributed by atoms with Crippen LogP contribution >= 0.6 is 0 Å². The largest absolute Gasteiger partial charge is 0.452 e. The lowest BCUT2D eigenvalue weighted by Gasteiger charge is -2.30. The maximum atomic E-state index is 12.7. The Morgan fingerprint density at radius 2 is 2.11 bits per heavy atom. The number of rotatable bonds is 4. The summed E-state index contributed by atoms with van der Waals surface area (Å²) in [5.74, 6) is -0.543. The monoisotopic (exact) mass is 371 g/mol. The fraction of sp³-hybridized carbons (Fsp3) is 0.500. The zero-order chi connectivity index (χ0) is 19.6. The summed E-state index contributed by atoms with van der Waals surface area (Å²) >= 11 is 0. The van der Waals surface area contributed by atoms with Gasteiger partial charge in [0, 0.05) is 31.5 Å². The highest BCUT2D eigenvalue weighted by atomic mass is 16.5. The zero-order valence-electron chi connectivity index (χ0n) is 16.0. The van der Waals surface area contributed by atoms with Gasteiger partial charge < -0.3 is 14.2 Å². The highest BCUT2D eigenvalue weighted by molar-refractivity contribution is 5.94. The lowest BCUT2D eigenvalue weighted by molar-refractivity contribution is -0.136. The summed E-state index contributed by atoms with van der Waals surface area (Å²) < 4.78 is 6.91. The summed E-state index contributed by atoms with van der Waals surface area (Å²) in [5, 5.41) is 0.369. The van der Waals surface area contributed by atoms with Gasteiger partial charge in [-0.05, 0) is 44.7 Å². The fourth-order valence-corrected chi connectivity index (χ4v) is 3.46. The van der Waals surface area contributed by atoms with Gasteiger partial charge >= 0.3 is 5.97 Å². The van der Waals surface area contributed by atoms with E-state index in [1.807, 2.05) is 13.8 Å².